The van der Waals surface area contributed by atoms with E-state index in [0.717, 1.165) is 6.42 Å². The number of nitrogens with zero attached hydrogens (tertiary/aromatic N) is 1. The van der Waals surface area contributed by atoms with E-state index in [2.05, 4.69) is 10.3 Å². The van der Waals surface area contributed by atoms with Gasteiger partial charge in [0.2, 0.25) is 11.7 Å². The molecule has 0 spiro atoms. The topological polar surface area (TPSA) is 72.2 Å². The number of rotatable bonds is 2. The zero-order valence-corrected chi connectivity index (χ0v) is 11.6. The van der Waals surface area contributed by atoms with Crippen molar-refractivity contribution in [2.24, 2.45) is 5.92 Å². The molecule has 0 bridgehead atoms. The van der Waals surface area contributed by atoms with Crippen molar-refractivity contribution in [1.29, 1.82) is 0 Å². The second kappa shape index (κ2) is 5.77. The molecule has 2 heterocycles. The molecule has 1 aromatic heterocycles. The molecular weight excluding hydrogens is 256 g/mol. The highest BCUT2D eigenvalue weighted by Gasteiger charge is 2.29. The Labute approximate surface area is 118 Å². The van der Waals surface area contributed by atoms with E-state index in [0.29, 0.717) is 17.5 Å². The van der Waals surface area contributed by atoms with Crippen molar-refractivity contribution in [3.8, 4) is 0 Å². The summed E-state index contributed by atoms with van der Waals surface area (Å²) in [5.74, 6) is 0.686. The summed E-state index contributed by atoms with van der Waals surface area (Å²) in [5, 5.41) is 2.26. The largest absolute Gasteiger partial charge is 0.435 e. The van der Waals surface area contributed by atoms with Gasteiger partial charge in [0, 0.05) is 6.42 Å². The van der Waals surface area contributed by atoms with Gasteiger partial charge in [0.15, 0.2) is 5.89 Å². The minimum absolute atomic E-state index is 0.148. The van der Waals surface area contributed by atoms with Crippen molar-refractivity contribution in [1.82, 2.24) is 10.3 Å². The predicted molar refractivity (Wildman–Crippen MR) is 72.2 cm³/mol. The number of aromatic nitrogens is 1. The smallest absolute Gasteiger partial charge is 0.295 e. The van der Waals surface area contributed by atoms with Gasteiger partial charge < -0.3 is 4.42 Å². The van der Waals surface area contributed by atoms with Gasteiger partial charge in [0.05, 0.1) is 6.42 Å². The van der Waals surface area contributed by atoms with Crippen molar-refractivity contribution >= 4 is 11.8 Å². The van der Waals surface area contributed by atoms with Crippen LogP contribution in [0.2, 0.25) is 0 Å². The molecule has 0 unspecified atom stereocenters. The monoisotopic (exact) mass is 276 g/mol. The van der Waals surface area contributed by atoms with Gasteiger partial charge in [-0.2, -0.15) is 0 Å². The SMILES string of the molecule is O=C1Cc2nc(CC3CCCCCCC3)oc2C(=O)N1. The number of hydrogen-bond acceptors (Lipinski definition) is 4. The lowest BCUT2D eigenvalue weighted by molar-refractivity contribution is -0.119. The third-order valence-electron chi connectivity index (χ3n) is 4.22. The van der Waals surface area contributed by atoms with Crippen molar-refractivity contribution in [2.45, 2.75) is 57.8 Å². The zero-order chi connectivity index (χ0) is 13.9. The summed E-state index contributed by atoms with van der Waals surface area (Å²) >= 11 is 0. The minimum Gasteiger partial charge on any atom is -0.435 e. The van der Waals surface area contributed by atoms with Crippen molar-refractivity contribution < 1.29 is 14.0 Å². The maximum Gasteiger partial charge on any atom is 0.295 e. The predicted octanol–water partition coefficient (Wildman–Crippen LogP) is 2.39. The first-order valence-electron chi connectivity index (χ1n) is 7.55. The zero-order valence-electron chi connectivity index (χ0n) is 11.6. The highest BCUT2D eigenvalue weighted by atomic mass is 16.4. The van der Waals surface area contributed by atoms with Crippen LogP contribution in [0.4, 0.5) is 0 Å². The molecule has 0 atom stereocenters. The maximum absolute atomic E-state index is 11.6. The highest BCUT2D eigenvalue weighted by Crippen LogP contribution is 2.26. The molecule has 5 nitrogen and oxygen atoms in total. The van der Waals surface area contributed by atoms with Crippen LogP contribution < -0.4 is 5.32 Å². The molecule has 1 fully saturated rings. The molecule has 1 aromatic rings. The van der Waals surface area contributed by atoms with Gasteiger partial charge in [0.1, 0.15) is 5.69 Å². The van der Waals surface area contributed by atoms with E-state index in [1.54, 1.807) is 0 Å². The van der Waals surface area contributed by atoms with E-state index >= 15 is 0 Å². The Morgan fingerprint density at radius 2 is 1.80 bits per heavy atom. The standard InChI is InChI=1S/C15H20N2O3/c18-12-9-11-14(15(19)17-12)20-13(16-11)8-10-6-4-2-1-3-5-7-10/h10H,1-9H2,(H,17,18,19). The summed E-state index contributed by atoms with van der Waals surface area (Å²) in [7, 11) is 0. The Hall–Kier alpha value is -1.65. The Kier molecular flexibility index (Phi) is 3.85. The third-order valence-corrected chi connectivity index (χ3v) is 4.22. The normalized spacial score (nSPS) is 21.0. The summed E-state index contributed by atoms with van der Waals surface area (Å²) in [6, 6.07) is 0. The fourth-order valence-corrected chi connectivity index (χ4v) is 3.16. The number of nitrogens with one attached hydrogen (secondary N) is 1. The Morgan fingerprint density at radius 3 is 2.55 bits per heavy atom. The summed E-state index contributed by atoms with van der Waals surface area (Å²) in [4.78, 5) is 27.3. The van der Waals surface area contributed by atoms with Gasteiger partial charge in [0.25, 0.3) is 5.91 Å². The molecule has 108 valence electrons. The van der Waals surface area contributed by atoms with Gasteiger partial charge in [-0.05, 0) is 18.8 Å². The fourth-order valence-electron chi connectivity index (χ4n) is 3.16. The average Bonchev–Trinajstić information content (AvgIpc) is 2.75. The van der Waals surface area contributed by atoms with Crippen molar-refractivity contribution in [3.05, 3.63) is 17.3 Å². The van der Waals surface area contributed by atoms with E-state index in [1.165, 1.54) is 44.9 Å². The molecule has 0 aromatic carbocycles. The lowest BCUT2D eigenvalue weighted by atomic mass is 9.89. The van der Waals surface area contributed by atoms with E-state index in [4.69, 9.17) is 4.42 Å². The molecule has 1 aliphatic heterocycles. The number of imide groups is 1. The number of carbonyl (C=O) groups excluding carboxylic acids is 2. The summed E-state index contributed by atoms with van der Waals surface area (Å²) in [6.07, 6.45) is 9.86. The second-order valence-electron chi connectivity index (χ2n) is 5.85. The number of oxazole rings is 1. The third kappa shape index (κ3) is 2.92. The van der Waals surface area contributed by atoms with E-state index < -0.39 is 5.91 Å². The van der Waals surface area contributed by atoms with Gasteiger partial charge in [-0.3, -0.25) is 14.9 Å². The Bertz CT molecular complexity index is 513. The summed E-state index contributed by atoms with van der Waals surface area (Å²) in [5.41, 5.74) is 0.500. The molecule has 2 aliphatic rings. The highest BCUT2D eigenvalue weighted by molar-refractivity contribution is 6.07. The number of amides is 2. The first kappa shape index (κ1) is 13.3. The van der Waals surface area contributed by atoms with Crippen LogP contribution in [-0.2, 0) is 17.6 Å². The minimum atomic E-state index is -0.451. The average molecular weight is 276 g/mol. The van der Waals surface area contributed by atoms with Crippen LogP contribution in [0.5, 0.6) is 0 Å². The van der Waals surface area contributed by atoms with Crippen molar-refractivity contribution in [2.75, 3.05) is 0 Å². The van der Waals surface area contributed by atoms with Crippen LogP contribution in [0.3, 0.4) is 0 Å². The van der Waals surface area contributed by atoms with Crippen LogP contribution in [0.1, 0.15) is 67.1 Å². The summed E-state index contributed by atoms with van der Waals surface area (Å²) in [6.45, 7) is 0. The van der Waals surface area contributed by atoms with Crippen molar-refractivity contribution in [3.63, 3.8) is 0 Å². The molecule has 1 aliphatic carbocycles. The van der Waals surface area contributed by atoms with Gasteiger partial charge in [-0.25, -0.2) is 4.98 Å². The van der Waals surface area contributed by atoms with Crippen LogP contribution in [0, 0.1) is 5.92 Å². The van der Waals surface area contributed by atoms with E-state index in [9.17, 15) is 9.59 Å². The van der Waals surface area contributed by atoms with E-state index in [1.807, 2.05) is 0 Å². The lowest BCUT2D eigenvalue weighted by Gasteiger charge is -2.17. The maximum atomic E-state index is 11.6. The van der Waals surface area contributed by atoms with Gasteiger partial charge in [-0.1, -0.05) is 32.1 Å². The molecule has 3 rings (SSSR count). The Balaban J connectivity index is 1.70. The van der Waals surface area contributed by atoms with Gasteiger partial charge >= 0.3 is 0 Å². The Morgan fingerprint density at radius 1 is 1.10 bits per heavy atom. The fraction of sp³-hybridized carbons (Fsp3) is 0.667. The number of carbonyl (C=O) groups is 2. The quantitative estimate of drug-likeness (QED) is 0.842. The first-order chi connectivity index (χ1) is 9.72. The molecular formula is C15H20N2O3. The van der Waals surface area contributed by atoms with E-state index in [-0.39, 0.29) is 18.1 Å². The van der Waals surface area contributed by atoms with Crippen LogP contribution in [0.25, 0.3) is 0 Å². The van der Waals surface area contributed by atoms with Gasteiger partial charge in [-0.15, -0.1) is 0 Å². The molecule has 2 amide bonds. The molecule has 0 saturated heterocycles. The number of hydrogen-bond donors (Lipinski definition) is 1. The molecule has 0 radical (unpaired) electrons. The van der Waals surface area contributed by atoms with Crippen LogP contribution in [0.15, 0.2) is 4.42 Å². The molecule has 1 N–H and O–H groups in total. The van der Waals surface area contributed by atoms with Crippen LogP contribution in [-0.4, -0.2) is 16.8 Å². The summed E-state index contributed by atoms with van der Waals surface area (Å²) < 4.78 is 5.57. The molecule has 20 heavy (non-hydrogen) atoms. The lowest BCUT2D eigenvalue weighted by Crippen LogP contribution is -2.36. The molecule has 5 heteroatoms. The molecule has 1 saturated carbocycles. The second-order valence-corrected chi connectivity index (χ2v) is 5.85. The van der Waals surface area contributed by atoms with Crippen LogP contribution >= 0.6 is 0 Å². The number of fused-ring (bicyclic) bond motifs is 1. The first-order valence-corrected chi connectivity index (χ1v) is 7.55.